The van der Waals surface area contributed by atoms with Crippen LogP contribution in [0.15, 0.2) is 48.5 Å². The highest BCUT2D eigenvalue weighted by atomic mass is 16.6. The van der Waals surface area contributed by atoms with Crippen LogP contribution >= 0.6 is 0 Å². The van der Waals surface area contributed by atoms with E-state index in [0.717, 1.165) is 22.2 Å². The highest BCUT2D eigenvalue weighted by Gasteiger charge is 2.33. The number of hydrogen-bond acceptors (Lipinski definition) is 2. The molecule has 0 unspecified atom stereocenters. The van der Waals surface area contributed by atoms with Crippen molar-refractivity contribution in [1.29, 1.82) is 0 Å². The summed E-state index contributed by atoms with van der Waals surface area (Å²) in [6.45, 7) is 5.72. The van der Waals surface area contributed by atoms with Gasteiger partial charge in [-0.2, -0.15) is 0 Å². The van der Waals surface area contributed by atoms with Gasteiger partial charge >= 0.3 is 7.12 Å². The topological polar surface area (TPSA) is 18.5 Å². The van der Waals surface area contributed by atoms with Gasteiger partial charge < -0.3 is 9.31 Å². The van der Waals surface area contributed by atoms with Crippen LogP contribution in [0, 0.1) is 17.8 Å². The van der Waals surface area contributed by atoms with E-state index >= 15 is 0 Å². The van der Waals surface area contributed by atoms with Crippen molar-refractivity contribution in [2.24, 2.45) is 5.41 Å². The van der Waals surface area contributed by atoms with Gasteiger partial charge in [-0.25, -0.2) is 0 Å². The second-order valence-electron chi connectivity index (χ2n) is 6.46. The molecule has 0 bridgehead atoms. The molecule has 2 aromatic rings. The van der Waals surface area contributed by atoms with Gasteiger partial charge in [0.05, 0.1) is 0 Å². The molecule has 0 N–H and O–H groups in total. The van der Waals surface area contributed by atoms with E-state index in [2.05, 4.69) is 44.0 Å². The lowest BCUT2D eigenvalue weighted by molar-refractivity contribution is 0.0343. The van der Waals surface area contributed by atoms with Gasteiger partial charge in [0, 0.05) is 24.2 Å². The highest BCUT2D eigenvalue weighted by molar-refractivity contribution is 6.61. The molecular formula is C19H19BO2. The minimum atomic E-state index is -0.258. The lowest BCUT2D eigenvalue weighted by atomic mass is 9.75. The molecule has 1 heterocycles. The zero-order valence-electron chi connectivity index (χ0n) is 13.0. The summed E-state index contributed by atoms with van der Waals surface area (Å²) >= 11 is 0. The molecule has 0 radical (unpaired) electrons. The van der Waals surface area contributed by atoms with Crippen LogP contribution in [-0.2, 0) is 9.31 Å². The number of rotatable bonds is 2. The summed E-state index contributed by atoms with van der Waals surface area (Å²) in [6, 6.07) is 16.3. The van der Waals surface area contributed by atoms with Gasteiger partial charge in [0.25, 0.3) is 0 Å². The minimum absolute atomic E-state index is 0.0925. The summed E-state index contributed by atoms with van der Waals surface area (Å²) in [5, 5.41) is 0. The van der Waals surface area contributed by atoms with Crippen LogP contribution in [0.1, 0.15) is 19.4 Å². The molecule has 1 fully saturated rings. The molecule has 0 spiro atoms. The fourth-order valence-corrected chi connectivity index (χ4v) is 2.48. The number of hydrogen-bond donors (Lipinski definition) is 0. The SMILES string of the molecule is C#Cc1ccc(-c2ccc(B3OCC(C)(C)CO3)cc2)cc1. The second-order valence-corrected chi connectivity index (χ2v) is 6.46. The van der Waals surface area contributed by atoms with Crippen molar-refractivity contribution in [1.82, 2.24) is 0 Å². The average molecular weight is 290 g/mol. The summed E-state index contributed by atoms with van der Waals surface area (Å²) in [6.07, 6.45) is 5.38. The maximum Gasteiger partial charge on any atom is 0.493 e. The minimum Gasteiger partial charge on any atom is -0.407 e. The van der Waals surface area contributed by atoms with Crippen molar-refractivity contribution in [2.75, 3.05) is 13.2 Å². The molecule has 0 amide bonds. The first-order valence-electron chi connectivity index (χ1n) is 7.48. The molecule has 110 valence electrons. The summed E-state index contributed by atoms with van der Waals surface area (Å²) in [7, 11) is -0.258. The van der Waals surface area contributed by atoms with E-state index in [1.165, 1.54) is 0 Å². The maximum absolute atomic E-state index is 5.81. The number of terminal acetylenes is 1. The summed E-state index contributed by atoms with van der Waals surface area (Å²) in [5.74, 6) is 2.63. The molecule has 0 atom stereocenters. The Balaban J connectivity index is 1.74. The standard InChI is InChI=1S/C19H19BO2/c1-4-15-5-7-16(8-6-15)17-9-11-18(12-10-17)20-21-13-19(2,3)14-22-20/h1,5-12H,13-14H2,2-3H3. The summed E-state index contributed by atoms with van der Waals surface area (Å²) in [4.78, 5) is 0. The third-order valence-electron chi connectivity index (χ3n) is 3.82. The zero-order valence-corrected chi connectivity index (χ0v) is 13.0. The lowest BCUT2D eigenvalue weighted by Gasteiger charge is -2.33. The van der Waals surface area contributed by atoms with Crippen molar-refractivity contribution in [3.63, 3.8) is 0 Å². The van der Waals surface area contributed by atoms with E-state index in [-0.39, 0.29) is 12.5 Å². The Morgan fingerprint density at radius 2 is 1.41 bits per heavy atom. The fourth-order valence-electron chi connectivity index (χ4n) is 2.48. The average Bonchev–Trinajstić information content (AvgIpc) is 2.55. The second kappa shape index (κ2) is 6.00. The normalized spacial score (nSPS) is 17.0. The molecule has 0 saturated carbocycles. The largest absolute Gasteiger partial charge is 0.493 e. The Hall–Kier alpha value is -2.02. The van der Waals surface area contributed by atoms with E-state index in [1.807, 2.05) is 24.3 Å². The van der Waals surface area contributed by atoms with Crippen LogP contribution in [0.3, 0.4) is 0 Å². The molecule has 22 heavy (non-hydrogen) atoms. The van der Waals surface area contributed by atoms with E-state index in [4.69, 9.17) is 15.7 Å². The van der Waals surface area contributed by atoms with Crippen molar-refractivity contribution in [2.45, 2.75) is 13.8 Å². The predicted octanol–water partition coefficient (Wildman–Crippen LogP) is 3.10. The molecular weight excluding hydrogens is 271 g/mol. The molecule has 1 aliphatic heterocycles. The molecule has 0 aliphatic carbocycles. The lowest BCUT2D eigenvalue weighted by Crippen LogP contribution is -2.47. The highest BCUT2D eigenvalue weighted by Crippen LogP contribution is 2.22. The third-order valence-corrected chi connectivity index (χ3v) is 3.82. The first-order valence-corrected chi connectivity index (χ1v) is 7.48. The van der Waals surface area contributed by atoms with Crippen LogP contribution in [0.4, 0.5) is 0 Å². The van der Waals surface area contributed by atoms with Gasteiger partial charge in [-0.1, -0.05) is 56.2 Å². The molecule has 2 nitrogen and oxygen atoms in total. The van der Waals surface area contributed by atoms with Gasteiger partial charge in [0.15, 0.2) is 0 Å². The zero-order chi connectivity index (χ0) is 15.6. The van der Waals surface area contributed by atoms with Gasteiger partial charge in [0.2, 0.25) is 0 Å². The van der Waals surface area contributed by atoms with E-state index in [1.54, 1.807) is 0 Å². The maximum atomic E-state index is 5.81. The van der Waals surface area contributed by atoms with Crippen LogP contribution in [0.5, 0.6) is 0 Å². The number of benzene rings is 2. The summed E-state index contributed by atoms with van der Waals surface area (Å²) < 4.78 is 11.6. The first kappa shape index (κ1) is 14.9. The molecule has 0 aromatic heterocycles. The summed E-state index contributed by atoms with van der Waals surface area (Å²) in [5.41, 5.74) is 4.35. The molecule has 1 aliphatic rings. The Labute approximate surface area is 132 Å². The van der Waals surface area contributed by atoms with Crippen molar-refractivity contribution >= 4 is 12.6 Å². The van der Waals surface area contributed by atoms with Crippen LogP contribution in [0.2, 0.25) is 0 Å². The predicted molar refractivity (Wildman–Crippen MR) is 90.9 cm³/mol. The first-order chi connectivity index (χ1) is 10.6. The third kappa shape index (κ3) is 3.25. The molecule has 3 rings (SSSR count). The smallest absolute Gasteiger partial charge is 0.407 e. The molecule has 2 aromatic carbocycles. The fraction of sp³-hybridized carbons (Fsp3) is 0.263. The van der Waals surface area contributed by atoms with Crippen molar-refractivity contribution in [3.8, 4) is 23.5 Å². The molecule has 3 heteroatoms. The van der Waals surface area contributed by atoms with Gasteiger partial charge in [0.1, 0.15) is 0 Å². The van der Waals surface area contributed by atoms with E-state index < -0.39 is 0 Å². The van der Waals surface area contributed by atoms with Gasteiger partial charge in [-0.3, -0.25) is 0 Å². The van der Waals surface area contributed by atoms with Gasteiger partial charge in [-0.15, -0.1) is 6.42 Å². The monoisotopic (exact) mass is 290 g/mol. The van der Waals surface area contributed by atoms with Crippen LogP contribution < -0.4 is 5.46 Å². The Bertz CT molecular complexity index is 671. The Morgan fingerprint density at radius 3 is 1.91 bits per heavy atom. The van der Waals surface area contributed by atoms with E-state index in [0.29, 0.717) is 13.2 Å². The molecule has 1 saturated heterocycles. The van der Waals surface area contributed by atoms with Crippen LogP contribution in [0.25, 0.3) is 11.1 Å². The Morgan fingerprint density at radius 1 is 0.909 bits per heavy atom. The van der Waals surface area contributed by atoms with E-state index in [9.17, 15) is 0 Å². The quantitative estimate of drug-likeness (QED) is 0.625. The van der Waals surface area contributed by atoms with Gasteiger partial charge in [-0.05, 0) is 28.7 Å². The van der Waals surface area contributed by atoms with Crippen molar-refractivity contribution in [3.05, 3.63) is 54.1 Å². The Kier molecular flexibility index (Phi) is 4.07. The van der Waals surface area contributed by atoms with Crippen LogP contribution in [-0.4, -0.2) is 20.3 Å². The van der Waals surface area contributed by atoms with Crippen molar-refractivity contribution < 1.29 is 9.31 Å².